The number of rotatable bonds is 22. The average molecular weight is 1120 g/mol. The van der Waals surface area contributed by atoms with Crippen molar-refractivity contribution in [3.8, 4) is 23.4 Å². The second-order valence-electron chi connectivity index (χ2n) is 18.0. The Labute approximate surface area is 463 Å². The van der Waals surface area contributed by atoms with E-state index < -0.39 is 34.4 Å². The fourth-order valence-electron chi connectivity index (χ4n) is 7.59. The van der Waals surface area contributed by atoms with Crippen LogP contribution in [0.25, 0.3) is 4.95 Å². The molecule has 7 rings (SSSR count). The predicted octanol–water partition coefficient (Wildman–Crippen LogP) is 10.8. The molecule has 0 spiro atoms. The van der Waals surface area contributed by atoms with E-state index in [4.69, 9.17) is 49.2 Å². The van der Waals surface area contributed by atoms with Gasteiger partial charge in [0.15, 0.2) is 23.1 Å². The number of ether oxygens (including phenoxy) is 3. The van der Waals surface area contributed by atoms with Crippen LogP contribution >= 0.6 is 23.2 Å². The molecule has 2 aromatic heterocycles. The van der Waals surface area contributed by atoms with E-state index in [1.54, 1.807) is 119 Å². The molecule has 0 aliphatic rings. The normalized spacial score (nSPS) is 11.4. The highest BCUT2D eigenvalue weighted by molar-refractivity contribution is 6.30. The molecule has 79 heavy (non-hydrogen) atoms. The fourth-order valence-corrected chi connectivity index (χ4v) is 7.84. The highest BCUT2D eigenvalue weighted by atomic mass is 35.5. The molecule has 0 fully saturated rings. The predicted molar refractivity (Wildman–Crippen MR) is 300 cm³/mol. The molecule has 0 aliphatic carbocycles. The molecule has 2 heterocycles. The van der Waals surface area contributed by atoms with Crippen LogP contribution in [-0.2, 0) is 26.2 Å². The van der Waals surface area contributed by atoms with Crippen LogP contribution in [0.4, 0.5) is 32.1 Å². The Morgan fingerprint density at radius 3 is 1.54 bits per heavy atom. The third-order valence-electron chi connectivity index (χ3n) is 11.3. The molecule has 5 aromatic carbocycles. The highest BCUT2D eigenvalue weighted by Crippen LogP contribution is 2.26. The average Bonchev–Trinajstić information content (AvgIpc) is 3.44. The molecule has 0 saturated carbocycles. The van der Waals surface area contributed by atoms with Crippen LogP contribution in [0.3, 0.4) is 0 Å². The van der Waals surface area contributed by atoms with E-state index in [1.807, 2.05) is 13.0 Å². The maximum absolute atomic E-state index is 14.6. The van der Waals surface area contributed by atoms with Crippen LogP contribution in [0.2, 0.25) is 10.0 Å². The van der Waals surface area contributed by atoms with E-state index in [9.17, 15) is 28.0 Å². The lowest BCUT2D eigenvalue weighted by Gasteiger charge is -2.16. The molecule has 23 heteroatoms. The molecule has 0 radical (unpaired) electrons. The molecule has 19 nitrogen and oxygen atoms in total. The summed E-state index contributed by atoms with van der Waals surface area (Å²) in [6.07, 6.45) is 3.32. The summed E-state index contributed by atoms with van der Waals surface area (Å²) in [5, 5.41) is 19.4. The third kappa shape index (κ3) is 17.6. The van der Waals surface area contributed by atoms with Gasteiger partial charge in [0.2, 0.25) is 18.1 Å². The van der Waals surface area contributed by atoms with Crippen molar-refractivity contribution in [2.24, 2.45) is 10.1 Å². The van der Waals surface area contributed by atoms with Crippen LogP contribution in [0.1, 0.15) is 77.8 Å². The lowest BCUT2D eigenvalue weighted by atomic mass is 10.1. The summed E-state index contributed by atoms with van der Waals surface area (Å²) < 4.78 is 50.4. The van der Waals surface area contributed by atoms with Crippen LogP contribution in [0.5, 0.6) is 17.2 Å². The van der Waals surface area contributed by atoms with Gasteiger partial charge < -0.3 is 24.8 Å². The molecule has 0 aliphatic heterocycles. The van der Waals surface area contributed by atoms with Gasteiger partial charge in [-0.3, -0.25) is 9.13 Å². The molecule has 0 saturated heterocycles. The Morgan fingerprint density at radius 2 is 1.14 bits per heavy atom. The number of hydrogen-bond acceptors (Lipinski definition) is 14. The van der Waals surface area contributed by atoms with Gasteiger partial charge in [-0.2, -0.15) is 26.8 Å². The first-order chi connectivity index (χ1) is 37.9. The van der Waals surface area contributed by atoms with Crippen LogP contribution in [-0.4, -0.2) is 52.1 Å². The Bertz CT molecular complexity index is 3610. The van der Waals surface area contributed by atoms with Crippen molar-refractivity contribution in [2.45, 2.75) is 105 Å². The van der Waals surface area contributed by atoms with E-state index in [0.717, 1.165) is 20.3 Å². The summed E-state index contributed by atoms with van der Waals surface area (Å²) >= 11 is 12.0. The van der Waals surface area contributed by atoms with E-state index >= 15 is 0 Å². The largest absolute Gasteiger partial charge is 0.488 e. The zero-order valence-electron chi connectivity index (χ0n) is 43.8. The molecule has 0 atom stereocenters. The number of hydrogen-bond donors (Lipinski definition) is 2. The minimum atomic E-state index is -0.789. The molecule has 410 valence electrons. The molecule has 0 unspecified atom stereocenters. The lowest BCUT2D eigenvalue weighted by Crippen LogP contribution is -2.42. The van der Waals surface area contributed by atoms with Gasteiger partial charge in [-0.15, -0.1) is 4.95 Å². The summed E-state index contributed by atoms with van der Waals surface area (Å²) in [4.78, 5) is 67.9. The molecular weight excluding hydrogens is 1060 g/mol. The van der Waals surface area contributed by atoms with Gasteiger partial charge in [-0.05, 0) is 125 Å². The van der Waals surface area contributed by atoms with Crippen molar-refractivity contribution in [2.75, 3.05) is 10.6 Å². The molecule has 2 N–H and O–H groups in total. The minimum absolute atomic E-state index is 0.00337. The molecule has 0 bridgehead atoms. The summed E-state index contributed by atoms with van der Waals surface area (Å²) in [5.74, 6) is -0.450. The standard InChI is InChI=1S/C30H28ClFN6O4.C26H28ClFN6O3/c1-20(2)41-26-16-15-23(18-25(26)32)34-28-35-29(39)37(30(40)38(28)19-21-11-13-22(31)14-12-21)17-7-10-27(36-33-3)42-24-8-5-4-6-9-24;1-4-20(30-16-29)6-5-13-33-25(35)32-24(31-21-11-12-23(22(28)14-21)37-17(2)3)34(26(33)36)15-18-7-9-19(27)10-8-18/h4-6,8-9,11-16,18,20H,7,10,17,19H2,1-2H3,(H,34,35,39);7-12,14,17H,4-6,13,15H2,1-3H3,(H,31,32,35)/b36-27+;. The Hall–Kier alpha value is -8.92. The van der Waals surface area contributed by atoms with Crippen LogP contribution in [0, 0.1) is 29.7 Å². The zero-order valence-corrected chi connectivity index (χ0v) is 45.3. The number of nitriles is 1. The fraction of sp³-hybridized carbons (Fsp3) is 0.286. The number of nitrogens with zero attached hydrogens (tertiary/aromatic N) is 10. The number of nitrogens with one attached hydrogen (secondary N) is 2. The van der Waals surface area contributed by atoms with Gasteiger partial charge in [0.25, 0.3) is 5.90 Å². The summed E-state index contributed by atoms with van der Waals surface area (Å²) in [5.41, 5.74) is 0.00829. The first-order valence-corrected chi connectivity index (χ1v) is 25.7. The topological polar surface area (TPSA) is 218 Å². The van der Waals surface area contributed by atoms with Gasteiger partial charge >= 0.3 is 22.8 Å². The quantitative estimate of drug-likeness (QED) is 0.0213. The van der Waals surface area contributed by atoms with Crippen molar-refractivity contribution >= 4 is 58.1 Å². The van der Waals surface area contributed by atoms with Crippen molar-refractivity contribution in [3.05, 3.63) is 202 Å². The Kier molecular flexibility index (Phi) is 21.8. The van der Waals surface area contributed by atoms with Gasteiger partial charge in [0.05, 0.1) is 25.3 Å². The lowest BCUT2D eigenvalue weighted by molar-refractivity contribution is 0.231. The first-order valence-electron chi connectivity index (χ1n) is 24.9. The van der Waals surface area contributed by atoms with Crippen LogP contribution < -0.4 is 47.6 Å². The summed E-state index contributed by atoms with van der Waals surface area (Å²) in [6.45, 7) is 16.4. The minimum Gasteiger partial charge on any atom is -0.488 e. The van der Waals surface area contributed by atoms with E-state index in [2.05, 4.69) is 35.6 Å². The molecule has 7 aromatic rings. The van der Waals surface area contributed by atoms with E-state index in [0.29, 0.717) is 46.5 Å². The zero-order chi connectivity index (χ0) is 57.0. The van der Waals surface area contributed by atoms with E-state index in [-0.39, 0.29) is 86.2 Å². The third-order valence-corrected chi connectivity index (χ3v) is 11.8. The van der Waals surface area contributed by atoms with E-state index in [1.165, 1.54) is 33.4 Å². The van der Waals surface area contributed by atoms with Crippen LogP contribution in [0.15, 0.2) is 145 Å². The second kappa shape index (κ2) is 29.0. The SMILES string of the molecule is CCC(CCCn1c(=O)nc(Nc2ccc(OC(C)C)c(F)c2)n(Cc2ccc(Cl)cc2)c1=O)=NC#N.[C-]#[N+]/N=C(\CCCn1c(=O)nc(Nc2ccc(OC(C)C)c(F)c2)n(Cc2ccc(Cl)cc2)c1=O)Oc1ccccc1. The monoisotopic (exact) mass is 1120 g/mol. The molecule has 0 amide bonds. The second-order valence-corrected chi connectivity index (χ2v) is 18.8. The Morgan fingerprint density at radius 1 is 0.684 bits per heavy atom. The maximum atomic E-state index is 14.6. The maximum Gasteiger partial charge on any atom is 0.354 e. The van der Waals surface area contributed by atoms with Crippen molar-refractivity contribution < 1.29 is 23.0 Å². The van der Waals surface area contributed by atoms with Crippen molar-refractivity contribution in [1.29, 1.82) is 5.26 Å². The number of aliphatic imine (C=N–C) groups is 1. The smallest absolute Gasteiger partial charge is 0.354 e. The summed E-state index contributed by atoms with van der Waals surface area (Å²) in [6, 6.07) is 31.1. The van der Waals surface area contributed by atoms with Crippen molar-refractivity contribution in [1.82, 2.24) is 28.2 Å². The first kappa shape index (κ1) is 59.3. The Balaban J connectivity index is 0.000000257. The van der Waals surface area contributed by atoms with Gasteiger partial charge in [0.1, 0.15) is 10.9 Å². The van der Waals surface area contributed by atoms with Gasteiger partial charge in [0, 0.05) is 58.8 Å². The molecular formula is C56H56Cl2F2N12O7. The highest BCUT2D eigenvalue weighted by Gasteiger charge is 2.19. The van der Waals surface area contributed by atoms with Gasteiger partial charge in [-0.1, -0.05) is 72.6 Å². The number of benzene rings is 5. The number of para-hydroxylation sites is 1. The number of anilines is 4. The van der Waals surface area contributed by atoms with Crippen molar-refractivity contribution in [3.63, 3.8) is 0 Å². The summed E-state index contributed by atoms with van der Waals surface area (Å²) in [7, 11) is 0. The number of halogens is 4. The number of aromatic nitrogens is 6. The van der Waals surface area contributed by atoms with Gasteiger partial charge in [-0.25, -0.2) is 37.1 Å².